The highest BCUT2D eigenvalue weighted by molar-refractivity contribution is 7.86. The van der Waals surface area contributed by atoms with E-state index in [0.717, 1.165) is 16.7 Å². The van der Waals surface area contributed by atoms with Gasteiger partial charge in [-0.25, -0.2) is 0 Å². The fraction of sp³-hybridized carbons (Fsp3) is 0.238. The maximum atomic E-state index is 12.9. The number of carbonyl (C=O) groups is 1. The van der Waals surface area contributed by atoms with E-state index in [0.29, 0.717) is 12.1 Å². The van der Waals surface area contributed by atoms with Gasteiger partial charge < -0.3 is 4.90 Å². The molecule has 2 aliphatic heterocycles. The average molecular weight is 396 g/mol. The van der Waals surface area contributed by atoms with Crippen LogP contribution in [0, 0.1) is 6.92 Å². The predicted octanol–water partition coefficient (Wildman–Crippen LogP) is 3.27. The van der Waals surface area contributed by atoms with Gasteiger partial charge in [-0.2, -0.15) is 8.42 Å². The number of benzene rings is 2. The van der Waals surface area contributed by atoms with E-state index in [-0.39, 0.29) is 16.5 Å². The molecule has 4 rings (SSSR count). The Morgan fingerprint density at radius 1 is 1.07 bits per heavy atom. The molecular weight excluding hydrogens is 376 g/mol. The van der Waals surface area contributed by atoms with Crippen LogP contribution in [-0.4, -0.2) is 30.5 Å². The fourth-order valence-electron chi connectivity index (χ4n) is 3.65. The van der Waals surface area contributed by atoms with Crippen LogP contribution in [0.2, 0.25) is 0 Å². The zero-order valence-corrected chi connectivity index (χ0v) is 16.7. The van der Waals surface area contributed by atoms with Gasteiger partial charge in [0, 0.05) is 11.1 Å². The molecule has 2 heterocycles. The van der Waals surface area contributed by atoms with E-state index in [9.17, 15) is 13.2 Å². The van der Waals surface area contributed by atoms with Gasteiger partial charge in [-0.1, -0.05) is 47.1 Å². The lowest BCUT2D eigenvalue weighted by Gasteiger charge is -2.42. The Morgan fingerprint density at radius 3 is 2.46 bits per heavy atom. The molecule has 0 aromatic heterocycles. The van der Waals surface area contributed by atoms with Crippen molar-refractivity contribution in [1.29, 1.82) is 0 Å². The highest BCUT2D eigenvalue weighted by Crippen LogP contribution is 2.41. The first kappa shape index (κ1) is 18.4. The van der Waals surface area contributed by atoms with Gasteiger partial charge in [-0.05, 0) is 51.0 Å². The van der Waals surface area contributed by atoms with Gasteiger partial charge in [0.2, 0.25) is 0 Å². The number of aryl methyl sites for hydroxylation is 1. The summed E-state index contributed by atoms with van der Waals surface area (Å²) < 4.78 is 29.6. The van der Waals surface area contributed by atoms with Crippen molar-refractivity contribution >= 4 is 27.4 Å². The second-order valence-electron chi connectivity index (χ2n) is 7.63. The van der Waals surface area contributed by atoms with Gasteiger partial charge in [0.15, 0.2) is 5.71 Å². The summed E-state index contributed by atoms with van der Waals surface area (Å²) in [7, 11) is -4.10. The van der Waals surface area contributed by atoms with Gasteiger partial charge in [0.1, 0.15) is 4.90 Å². The van der Waals surface area contributed by atoms with Gasteiger partial charge in [-0.3, -0.25) is 9.08 Å². The predicted molar refractivity (Wildman–Crippen MR) is 106 cm³/mol. The normalized spacial score (nSPS) is 19.2. The summed E-state index contributed by atoms with van der Waals surface area (Å²) in [6.07, 6.45) is 2.29. The number of hydrogen-bond acceptors (Lipinski definition) is 5. The summed E-state index contributed by atoms with van der Waals surface area (Å²) in [5.74, 6) is -0.367. The van der Waals surface area contributed by atoms with E-state index >= 15 is 0 Å². The van der Waals surface area contributed by atoms with E-state index in [1.54, 1.807) is 23.1 Å². The molecule has 0 N–H and O–H groups in total. The van der Waals surface area contributed by atoms with Crippen molar-refractivity contribution in [2.75, 3.05) is 0 Å². The summed E-state index contributed by atoms with van der Waals surface area (Å²) in [4.78, 5) is 14.6. The van der Waals surface area contributed by atoms with E-state index < -0.39 is 15.7 Å². The Labute approximate surface area is 164 Å². The van der Waals surface area contributed by atoms with Gasteiger partial charge >= 0.3 is 10.1 Å². The van der Waals surface area contributed by atoms with Crippen LogP contribution in [0.4, 0.5) is 0 Å². The molecule has 2 aliphatic rings. The minimum Gasteiger partial charge on any atom is -0.300 e. The molecule has 0 bridgehead atoms. The molecule has 0 atom stereocenters. The Bertz CT molecular complexity index is 1130. The standard InChI is InChI=1S/C21H20N2O4S/c1-14-8-10-16(11-9-14)28(25,26)27-22-18-12-19-17-7-5-4-6-15(17)13-21(2,3)23(19)20(18)24/h4-12H,13H2,1-3H3. The van der Waals surface area contributed by atoms with E-state index in [1.165, 1.54) is 12.1 Å². The Balaban J connectivity index is 1.70. The van der Waals surface area contributed by atoms with Crippen LogP contribution in [0.3, 0.4) is 0 Å². The molecule has 2 aromatic rings. The summed E-state index contributed by atoms with van der Waals surface area (Å²) in [5.41, 5.74) is 3.24. The first-order chi connectivity index (χ1) is 13.2. The van der Waals surface area contributed by atoms with Crippen LogP contribution in [0.5, 0.6) is 0 Å². The summed E-state index contributed by atoms with van der Waals surface area (Å²) in [6.45, 7) is 5.81. The minimum atomic E-state index is -4.10. The maximum absolute atomic E-state index is 12.9. The summed E-state index contributed by atoms with van der Waals surface area (Å²) in [6, 6.07) is 14.1. The van der Waals surface area contributed by atoms with Crippen molar-refractivity contribution in [3.05, 3.63) is 71.3 Å². The molecular formula is C21H20N2O4S. The molecule has 7 heteroatoms. The van der Waals surface area contributed by atoms with Crippen molar-refractivity contribution in [1.82, 2.24) is 4.90 Å². The number of oxime groups is 1. The molecule has 1 amide bonds. The third-order valence-electron chi connectivity index (χ3n) is 5.00. The Kier molecular flexibility index (Phi) is 4.15. The van der Waals surface area contributed by atoms with Crippen molar-refractivity contribution in [3.63, 3.8) is 0 Å². The smallest absolute Gasteiger partial charge is 0.300 e. The van der Waals surface area contributed by atoms with E-state index in [2.05, 4.69) is 5.16 Å². The first-order valence-electron chi connectivity index (χ1n) is 8.92. The minimum absolute atomic E-state index is 0.0102. The molecule has 0 radical (unpaired) electrons. The molecule has 0 saturated heterocycles. The number of fused-ring (bicyclic) bond motifs is 3. The quantitative estimate of drug-likeness (QED) is 0.746. The lowest BCUT2D eigenvalue weighted by atomic mass is 9.84. The molecule has 0 unspecified atom stereocenters. The fourth-order valence-corrected chi connectivity index (χ4v) is 4.38. The van der Waals surface area contributed by atoms with Gasteiger partial charge in [-0.15, -0.1) is 0 Å². The van der Waals surface area contributed by atoms with Crippen LogP contribution in [-0.2, 0) is 25.6 Å². The molecule has 0 aliphatic carbocycles. The number of rotatable bonds is 3. The highest BCUT2D eigenvalue weighted by Gasteiger charge is 2.44. The highest BCUT2D eigenvalue weighted by atomic mass is 32.2. The number of carbonyl (C=O) groups excluding carboxylic acids is 1. The molecule has 0 spiro atoms. The van der Waals surface area contributed by atoms with Crippen molar-refractivity contribution in [2.45, 2.75) is 37.6 Å². The summed E-state index contributed by atoms with van der Waals surface area (Å²) in [5, 5.41) is 3.70. The first-order valence-corrected chi connectivity index (χ1v) is 10.3. The van der Waals surface area contributed by atoms with Crippen LogP contribution < -0.4 is 0 Å². The number of hydrogen-bond donors (Lipinski definition) is 0. The van der Waals surface area contributed by atoms with Crippen LogP contribution in [0.1, 0.15) is 30.5 Å². The van der Waals surface area contributed by atoms with Crippen molar-refractivity contribution in [2.24, 2.45) is 5.16 Å². The molecule has 144 valence electrons. The largest absolute Gasteiger partial charge is 0.358 e. The SMILES string of the molecule is Cc1ccc(S(=O)(=O)ON=C2C=C3c4ccccc4CC(C)(C)N3C2=O)cc1. The molecule has 2 aromatic carbocycles. The zero-order chi connectivity index (χ0) is 20.1. The molecule has 0 fully saturated rings. The van der Waals surface area contributed by atoms with Crippen molar-refractivity contribution < 1.29 is 17.5 Å². The lowest BCUT2D eigenvalue weighted by Crippen LogP contribution is -2.49. The van der Waals surface area contributed by atoms with Crippen molar-refractivity contribution in [3.8, 4) is 0 Å². The molecule has 28 heavy (non-hydrogen) atoms. The van der Waals surface area contributed by atoms with Crippen LogP contribution in [0.15, 0.2) is 64.7 Å². The zero-order valence-electron chi connectivity index (χ0n) is 15.8. The second kappa shape index (κ2) is 6.31. The number of amides is 1. The van der Waals surface area contributed by atoms with Gasteiger partial charge in [0.25, 0.3) is 5.91 Å². The van der Waals surface area contributed by atoms with Crippen LogP contribution >= 0.6 is 0 Å². The second-order valence-corrected chi connectivity index (χ2v) is 9.16. The monoisotopic (exact) mass is 396 g/mol. The van der Waals surface area contributed by atoms with Gasteiger partial charge in [0.05, 0.1) is 5.70 Å². The maximum Gasteiger partial charge on any atom is 0.358 e. The third kappa shape index (κ3) is 3.01. The van der Waals surface area contributed by atoms with E-state index in [4.69, 9.17) is 4.28 Å². The summed E-state index contributed by atoms with van der Waals surface area (Å²) >= 11 is 0. The number of nitrogens with zero attached hydrogens (tertiary/aromatic N) is 2. The Morgan fingerprint density at radius 2 is 1.75 bits per heavy atom. The molecule has 0 saturated carbocycles. The topological polar surface area (TPSA) is 76.0 Å². The van der Waals surface area contributed by atoms with E-state index in [1.807, 2.05) is 45.0 Å². The molecule has 6 nitrogen and oxygen atoms in total. The average Bonchev–Trinajstić information content (AvgIpc) is 2.98. The van der Waals surface area contributed by atoms with Crippen LogP contribution in [0.25, 0.3) is 5.70 Å². The Hall–Kier alpha value is -2.93. The lowest BCUT2D eigenvalue weighted by molar-refractivity contribution is -0.124. The third-order valence-corrected chi connectivity index (χ3v) is 6.12.